The minimum absolute atomic E-state index is 0.348. The van der Waals surface area contributed by atoms with Crippen molar-refractivity contribution in [2.24, 2.45) is 5.92 Å². The molecule has 0 atom stereocenters. The molecule has 1 heterocycles. The van der Waals surface area contributed by atoms with E-state index in [9.17, 15) is 0 Å². The van der Waals surface area contributed by atoms with Crippen LogP contribution in [-0.4, -0.2) is 23.7 Å². The van der Waals surface area contributed by atoms with E-state index < -0.39 is 0 Å². The Balaban J connectivity index is 1.91. The zero-order valence-electron chi connectivity index (χ0n) is 10.7. The van der Waals surface area contributed by atoms with Gasteiger partial charge in [-0.1, -0.05) is 30.9 Å². The number of rotatable bonds is 5. The van der Waals surface area contributed by atoms with E-state index in [-0.39, 0.29) is 0 Å². The zero-order valence-corrected chi connectivity index (χ0v) is 11.4. The molecule has 0 spiro atoms. The molecule has 0 aliphatic heterocycles. The van der Waals surface area contributed by atoms with Crippen LogP contribution in [0.3, 0.4) is 0 Å². The van der Waals surface area contributed by atoms with Gasteiger partial charge in [-0.3, -0.25) is 0 Å². The fraction of sp³-hybridized carbons (Fsp3) is 0.692. The molecule has 0 unspecified atom stereocenters. The summed E-state index contributed by atoms with van der Waals surface area (Å²) in [5, 5.41) is 0.399. The molecule has 2 rings (SSSR count). The van der Waals surface area contributed by atoms with Gasteiger partial charge < -0.3 is 9.47 Å². The summed E-state index contributed by atoms with van der Waals surface area (Å²) in [6.45, 7) is 1.07. The van der Waals surface area contributed by atoms with Gasteiger partial charge >= 0.3 is 0 Å². The highest BCUT2D eigenvalue weighted by atomic mass is 35.5. The summed E-state index contributed by atoms with van der Waals surface area (Å²) in [6, 6.07) is 1.66. The molecular formula is C13H19ClN2O2. The Hall–Kier alpha value is -0.870. The molecule has 0 bridgehead atoms. The first-order valence-electron chi connectivity index (χ1n) is 6.43. The molecule has 18 heavy (non-hydrogen) atoms. The van der Waals surface area contributed by atoms with Crippen LogP contribution in [-0.2, 0) is 11.3 Å². The average molecular weight is 271 g/mol. The van der Waals surface area contributed by atoms with Gasteiger partial charge in [-0.25, -0.2) is 4.98 Å². The van der Waals surface area contributed by atoms with E-state index in [4.69, 9.17) is 21.1 Å². The normalized spacial score (nSPS) is 16.8. The van der Waals surface area contributed by atoms with Crippen molar-refractivity contribution in [1.82, 2.24) is 9.97 Å². The number of ether oxygens (including phenoxy) is 2. The minimum Gasteiger partial charge on any atom is -0.477 e. The van der Waals surface area contributed by atoms with E-state index in [0.717, 1.165) is 6.61 Å². The third-order valence-corrected chi connectivity index (χ3v) is 3.38. The largest absolute Gasteiger partial charge is 0.477 e. The minimum atomic E-state index is 0.348. The van der Waals surface area contributed by atoms with E-state index in [1.165, 1.54) is 32.1 Å². The van der Waals surface area contributed by atoms with Crippen LogP contribution in [0.4, 0.5) is 0 Å². The lowest BCUT2D eigenvalue weighted by molar-refractivity contribution is 0.173. The number of methoxy groups -OCH3 is 1. The summed E-state index contributed by atoms with van der Waals surface area (Å²) in [5.74, 6) is 1.76. The highest BCUT2D eigenvalue weighted by Crippen LogP contribution is 2.24. The fourth-order valence-corrected chi connectivity index (χ4v) is 2.46. The molecule has 1 aromatic rings. The van der Waals surface area contributed by atoms with Crippen molar-refractivity contribution in [3.63, 3.8) is 0 Å². The second kappa shape index (κ2) is 6.90. The first kappa shape index (κ1) is 13.6. The SMILES string of the molecule is COCc1nc(Cl)cc(OCC2CCCCC2)n1. The van der Waals surface area contributed by atoms with Crippen molar-refractivity contribution in [2.75, 3.05) is 13.7 Å². The van der Waals surface area contributed by atoms with Gasteiger partial charge in [0.05, 0.1) is 6.61 Å². The molecule has 0 N–H and O–H groups in total. The summed E-state index contributed by atoms with van der Waals surface area (Å²) in [6.07, 6.45) is 6.49. The van der Waals surface area contributed by atoms with Crippen molar-refractivity contribution in [3.8, 4) is 5.88 Å². The maximum atomic E-state index is 5.92. The molecule has 1 saturated carbocycles. The highest BCUT2D eigenvalue weighted by Gasteiger charge is 2.14. The Morgan fingerprint density at radius 2 is 2.06 bits per heavy atom. The van der Waals surface area contributed by atoms with E-state index >= 15 is 0 Å². The molecule has 5 heteroatoms. The predicted molar refractivity (Wildman–Crippen MR) is 69.8 cm³/mol. The highest BCUT2D eigenvalue weighted by molar-refractivity contribution is 6.29. The third kappa shape index (κ3) is 4.10. The van der Waals surface area contributed by atoms with Crippen LogP contribution in [0.1, 0.15) is 37.9 Å². The summed E-state index contributed by atoms with van der Waals surface area (Å²) >= 11 is 5.92. The Labute approximate surface area is 113 Å². The monoisotopic (exact) mass is 270 g/mol. The summed E-state index contributed by atoms with van der Waals surface area (Å²) in [5.41, 5.74) is 0. The summed E-state index contributed by atoms with van der Waals surface area (Å²) < 4.78 is 10.7. The lowest BCUT2D eigenvalue weighted by Gasteiger charge is -2.21. The quantitative estimate of drug-likeness (QED) is 0.771. The van der Waals surface area contributed by atoms with Crippen molar-refractivity contribution in [2.45, 2.75) is 38.7 Å². The van der Waals surface area contributed by atoms with Gasteiger partial charge in [-0.2, -0.15) is 4.98 Å². The smallest absolute Gasteiger partial charge is 0.218 e. The molecule has 0 amide bonds. The van der Waals surface area contributed by atoms with Crippen molar-refractivity contribution in [1.29, 1.82) is 0 Å². The molecule has 0 radical (unpaired) electrons. The van der Waals surface area contributed by atoms with Gasteiger partial charge in [-0.15, -0.1) is 0 Å². The van der Waals surface area contributed by atoms with E-state index in [1.54, 1.807) is 13.2 Å². The van der Waals surface area contributed by atoms with Gasteiger partial charge in [0.15, 0.2) is 5.82 Å². The molecule has 100 valence electrons. The molecule has 4 nitrogen and oxygen atoms in total. The summed E-state index contributed by atoms with van der Waals surface area (Å²) in [4.78, 5) is 8.33. The molecule has 1 aliphatic rings. The van der Waals surface area contributed by atoms with Crippen molar-refractivity contribution >= 4 is 11.6 Å². The Morgan fingerprint density at radius 1 is 1.28 bits per heavy atom. The first-order chi connectivity index (χ1) is 8.78. The molecule has 0 aromatic carbocycles. The fourth-order valence-electron chi connectivity index (χ4n) is 2.27. The maximum Gasteiger partial charge on any atom is 0.218 e. The second-order valence-corrected chi connectivity index (χ2v) is 5.08. The van der Waals surface area contributed by atoms with Crippen molar-refractivity contribution < 1.29 is 9.47 Å². The number of nitrogens with zero attached hydrogens (tertiary/aromatic N) is 2. The van der Waals surface area contributed by atoms with E-state index in [2.05, 4.69) is 9.97 Å². The zero-order chi connectivity index (χ0) is 12.8. The van der Waals surface area contributed by atoms with Gasteiger partial charge in [0.25, 0.3) is 0 Å². The van der Waals surface area contributed by atoms with Gasteiger partial charge in [0.2, 0.25) is 5.88 Å². The van der Waals surface area contributed by atoms with Crippen LogP contribution >= 0.6 is 11.6 Å². The Bertz CT molecular complexity index is 381. The molecule has 0 saturated heterocycles. The molecule has 1 aromatic heterocycles. The number of halogens is 1. The number of aromatic nitrogens is 2. The van der Waals surface area contributed by atoms with Gasteiger partial charge in [0, 0.05) is 13.2 Å². The Kier molecular flexibility index (Phi) is 5.20. The lowest BCUT2D eigenvalue weighted by atomic mass is 9.90. The predicted octanol–water partition coefficient (Wildman–Crippen LogP) is 3.24. The molecular weight excluding hydrogens is 252 g/mol. The Morgan fingerprint density at radius 3 is 2.78 bits per heavy atom. The molecule has 1 aliphatic carbocycles. The first-order valence-corrected chi connectivity index (χ1v) is 6.81. The van der Waals surface area contributed by atoms with Gasteiger partial charge in [-0.05, 0) is 18.8 Å². The van der Waals surface area contributed by atoms with Crippen LogP contribution in [0.2, 0.25) is 5.15 Å². The second-order valence-electron chi connectivity index (χ2n) is 4.69. The van der Waals surface area contributed by atoms with Crippen LogP contribution in [0.25, 0.3) is 0 Å². The maximum absolute atomic E-state index is 5.92. The molecule has 1 fully saturated rings. The average Bonchev–Trinajstić information content (AvgIpc) is 2.37. The summed E-state index contributed by atoms with van der Waals surface area (Å²) in [7, 11) is 1.60. The van der Waals surface area contributed by atoms with E-state index in [1.807, 2.05) is 0 Å². The van der Waals surface area contributed by atoms with Crippen LogP contribution in [0, 0.1) is 5.92 Å². The van der Waals surface area contributed by atoms with Crippen molar-refractivity contribution in [3.05, 3.63) is 17.0 Å². The standard InChI is InChI=1S/C13H19ClN2O2/c1-17-9-12-15-11(14)7-13(16-12)18-8-10-5-3-2-4-6-10/h7,10H,2-6,8-9H2,1H3. The van der Waals surface area contributed by atoms with Crippen LogP contribution < -0.4 is 4.74 Å². The number of hydrogen-bond donors (Lipinski definition) is 0. The van der Waals surface area contributed by atoms with Gasteiger partial charge in [0.1, 0.15) is 11.8 Å². The van der Waals surface area contributed by atoms with Crippen LogP contribution in [0.15, 0.2) is 6.07 Å². The van der Waals surface area contributed by atoms with Crippen LogP contribution in [0.5, 0.6) is 5.88 Å². The third-order valence-electron chi connectivity index (χ3n) is 3.18. The topological polar surface area (TPSA) is 44.2 Å². The van der Waals surface area contributed by atoms with E-state index in [0.29, 0.717) is 29.4 Å². The number of hydrogen-bond acceptors (Lipinski definition) is 4. The lowest BCUT2D eigenvalue weighted by Crippen LogP contribution is -2.16.